The van der Waals surface area contributed by atoms with Gasteiger partial charge in [-0.25, -0.2) is 0 Å². The van der Waals surface area contributed by atoms with Gasteiger partial charge in [-0.3, -0.25) is 0 Å². The summed E-state index contributed by atoms with van der Waals surface area (Å²) in [6, 6.07) is 5.80. The van der Waals surface area contributed by atoms with Gasteiger partial charge in [0.25, 0.3) is 0 Å². The fourth-order valence-electron chi connectivity index (χ4n) is 1.35. The Bertz CT molecular complexity index is 279. The van der Waals surface area contributed by atoms with Gasteiger partial charge < -0.3 is 9.84 Å². The zero-order valence-corrected chi connectivity index (χ0v) is 8.37. The van der Waals surface area contributed by atoms with Gasteiger partial charge in [-0.05, 0) is 26.3 Å². The van der Waals surface area contributed by atoms with Crippen LogP contribution in [0.3, 0.4) is 0 Å². The van der Waals surface area contributed by atoms with Gasteiger partial charge in [0.05, 0.1) is 12.7 Å². The summed E-state index contributed by atoms with van der Waals surface area (Å²) in [6.45, 7) is 6.30. The molecule has 2 heteroatoms. The van der Waals surface area contributed by atoms with Gasteiger partial charge >= 0.3 is 0 Å². The number of aliphatic hydroxyl groups excluding tert-OH is 1. The summed E-state index contributed by atoms with van der Waals surface area (Å²) in [5.74, 6) is 0.819. The highest BCUT2D eigenvalue weighted by atomic mass is 16.5. The summed E-state index contributed by atoms with van der Waals surface area (Å²) in [5.41, 5.74) is 1.93. The average molecular weight is 180 g/mol. The van der Waals surface area contributed by atoms with Gasteiger partial charge in [0.2, 0.25) is 0 Å². The van der Waals surface area contributed by atoms with E-state index >= 15 is 0 Å². The second kappa shape index (κ2) is 4.28. The van der Waals surface area contributed by atoms with Crippen LogP contribution in [0.15, 0.2) is 18.2 Å². The van der Waals surface area contributed by atoms with Crippen molar-refractivity contribution in [2.24, 2.45) is 0 Å². The van der Waals surface area contributed by atoms with Crippen molar-refractivity contribution in [2.75, 3.05) is 6.61 Å². The van der Waals surface area contributed by atoms with Crippen molar-refractivity contribution in [1.82, 2.24) is 0 Å². The average Bonchev–Trinajstić information content (AvgIpc) is 2.08. The highest BCUT2D eigenvalue weighted by molar-refractivity contribution is 5.41. The van der Waals surface area contributed by atoms with E-state index in [9.17, 15) is 5.11 Å². The van der Waals surface area contributed by atoms with E-state index in [-0.39, 0.29) is 0 Å². The van der Waals surface area contributed by atoms with Crippen LogP contribution in [0.1, 0.15) is 31.1 Å². The summed E-state index contributed by atoms with van der Waals surface area (Å²) in [4.78, 5) is 0. The van der Waals surface area contributed by atoms with E-state index in [1.807, 2.05) is 32.0 Å². The normalized spacial score (nSPS) is 12.6. The van der Waals surface area contributed by atoms with Gasteiger partial charge in [-0.1, -0.05) is 18.2 Å². The number of ether oxygens (including phenoxy) is 1. The molecule has 1 atom stereocenters. The van der Waals surface area contributed by atoms with E-state index in [0.717, 1.165) is 16.9 Å². The number of benzene rings is 1. The van der Waals surface area contributed by atoms with Crippen molar-refractivity contribution >= 4 is 0 Å². The molecule has 0 aliphatic heterocycles. The van der Waals surface area contributed by atoms with Crippen LogP contribution in [-0.4, -0.2) is 11.7 Å². The summed E-state index contributed by atoms with van der Waals surface area (Å²) < 4.78 is 5.47. The predicted molar refractivity (Wildman–Crippen MR) is 53.0 cm³/mol. The monoisotopic (exact) mass is 180 g/mol. The second-order valence-electron chi connectivity index (χ2n) is 3.10. The molecule has 0 fully saturated rings. The van der Waals surface area contributed by atoms with Crippen molar-refractivity contribution in [3.63, 3.8) is 0 Å². The fraction of sp³-hybridized carbons (Fsp3) is 0.455. The number of aliphatic hydroxyl groups is 1. The molecule has 1 unspecified atom stereocenters. The third kappa shape index (κ3) is 2.22. The first-order chi connectivity index (χ1) is 6.16. The van der Waals surface area contributed by atoms with E-state index in [1.165, 1.54) is 0 Å². The summed E-state index contributed by atoms with van der Waals surface area (Å²) >= 11 is 0. The molecule has 0 aromatic heterocycles. The molecule has 0 radical (unpaired) electrons. The molecule has 1 rings (SSSR count). The van der Waals surface area contributed by atoms with Crippen molar-refractivity contribution in [1.29, 1.82) is 0 Å². The molecule has 0 heterocycles. The van der Waals surface area contributed by atoms with E-state index in [0.29, 0.717) is 6.61 Å². The van der Waals surface area contributed by atoms with E-state index in [4.69, 9.17) is 4.74 Å². The molecule has 0 aliphatic rings. The van der Waals surface area contributed by atoms with Gasteiger partial charge in [0, 0.05) is 5.56 Å². The van der Waals surface area contributed by atoms with Gasteiger partial charge in [-0.15, -0.1) is 0 Å². The first-order valence-corrected chi connectivity index (χ1v) is 4.57. The third-order valence-corrected chi connectivity index (χ3v) is 1.98. The van der Waals surface area contributed by atoms with Crippen LogP contribution in [0, 0.1) is 6.92 Å². The first kappa shape index (κ1) is 10.1. The molecule has 72 valence electrons. The number of hydrogen-bond acceptors (Lipinski definition) is 2. The largest absolute Gasteiger partial charge is 0.493 e. The molecule has 1 aromatic carbocycles. The maximum atomic E-state index is 9.48. The third-order valence-electron chi connectivity index (χ3n) is 1.98. The number of para-hydroxylation sites is 1. The van der Waals surface area contributed by atoms with Crippen LogP contribution < -0.4 is 4.74 Å². The first-order valence-electron chi connectivity index (χ1n) is 4.57. The molecule has 0 saturated carbocycles. The zero-order chi connectivity index (χ0) is 9.84. The van der Waals surface area contributed by atoms with Crippen molar-refractivity contribution in [3.05, 3.63) is 29.3 Å². The Hall–Kier alpha value is -1.02. The molecule has 2 nitrogen and oxygen atoms in total. The maximum Gasteiger partial charge on any atom is 0.127 e. The van der Waals surface area contributed by atoms with Gasteiger partial charge in [0.1, 0.15) is 5.75 Å². The Labute approximate surface area is 79.2 Å². The van der Waals surface area contributed by atoms with E-state index in [2.05, 4.69) is 0 Å². The van der Waals surface area contributed by atoms with E-state index < -0.39 is 6.10 Å². The standard InChI is InChI=1S/C11H16O2/c1-4-13-11-8(2)6-5-7-10(11)9(3)12/h5-7,9,12H,4H2,1-3H3. The minimum atomic E-state index is -0.471. The smallest absolute Gasteiger partial charge is 0.127 e. The van der Waals surface area contributed by atoms with Crippen LogP contribution >= 0.6 is 0 Å². The quantitative estimate of drug-likeness (QED) is 0.774. The molecule has 0 saturated heterocycles. The van der Waals surface area contributed by atoms with Crippen molar-refractivity contribution < 1.29 is 9.84 Å². The maximum absolute atomic E-state index is 9.48. The van der Waals surface area contributed by atoms with Crippen LogP contribution in [0.25, 0.3) is 0 Å². The predicted octanol–water partition coefficient (Wildman–Crippen LogP) is 2.45. The van der Waals surface area contributed by atoms with E-state index in [1.54, 1.807) is 6.92 Å². The topological polar surface area (TPSA) is 29.5 Å². The van der Waals surface area contributed by atoms with Crippen LogP contribution in [0.5, 0.6) is 5.75 Å². The number of rotatable bonds is 3. The molecule has 0 spiro atoms. The Kier molecular flexibility index (Phi) is 3.32. The molecule has 1 aromatic rings. The minimum Gasteiger partial charge on any atom is -0.493 e. The van der Waals surface area contributed by atoms with Crippen LogP contribution in [0.4, 0.5) is 0 Å². The van der Waals surface area contributed by atoms with Crippen molar-refractivity contribution in [3.8, 4) is 5.75 Å². The molecule has 0 bridgehead atoms. The van der Waals surface area contributed by atoms with Gasteiger partial charge in [-0.2, -0.15) is 0 Å². The molecular weight excluding hydrogens is 164 g/mol. The fourth-order valence-corrected chi connectivity index (χ4v) is 1.35. The SMILES string of the molecule is CCOc1c(C)cccc1C(C)O. The Balaban J connectivity index is 3.09. The zero-order valence-electron chi connectivity index (χ0n) is 8.37. The second-order valence-corrected chi connectivity index (χ2v) is 3.10. The molecular formula is C11H16O2. The lowest BCUT2D eigenvalue weighted by molar-refractivity contribution is 0.192. The van der Waals surface area contributed by atoms with Gasteiger partial charge in [0.15, 0.2) is 0 Å². The number of aryl methyl sites for hydroxylation is 1. The lowest BCUT2D eigenvalue weighted by Crippen LogP contribution is -2.01. The lowest BCUT2D eigenvalue weighted by Gasteiger charge is -2.14. The Morgan fingerprint density at radius 1 is 1.46 bits per heavy atom. The molecule has 1 N–H and O–H groups in total. The van der Waals surface area contributed by atoms with Crippen LogP contribution in [0.2, 0.25) is 0 Å². The Morgan fingerprint density at radius 3 is 2.69 bits per heavy atom. The molecule has 13 heavy (non-hydrogen) atoms. The van der Waals surface area contributed by atoms with Crippen molar-refractivity contribution in [2.45, 2.75) is 26.9 Å². The molecule has 0 aliphatic carbocycles. The number of hydrogen-bond donors (Lipinski definition) is 1. The lowest BCUT2D eigenvalue weighted by atomic mass is 10.1. The minimum absolute atomic E-state index is 0.471. The van der Waals surface area contributed by atoms with Crippen LogP contribution in [-0.2, 0) is 0 Å². The highest BCUT2D eigenvalue weighted by Crippen LogP contribution is 2.28. The summed E-state index contributed by atoms with van der Waals surface area (Å²) in [7, 11) is 0. The summed E-state index contributed by atoms with van der Waals surface area (Å²) in [6.07, 6.45) is -0.471. The highest BCUT2D eigenvalue weighted by Gasteiger charge is 2.10. The summed E-state index contributed by atoms with van der Waals surface area (Å²) in [5, 5.41) is 9.48. The Morgan fingerprint density at radius 2 is 2.15 bits per heavy atom. The molecule has 0 amide bonds.